The van der Waals surface area contributed by atoms with Crippen LogP contribution in [-0.4, -0.2) is 13.7 Å². The SMILES string of the molecule is COCC(C)CC(N)c1ccsc1. The van der Waals surface area contributed by atoms with Crippen LogP contribution >= 0.6 is 11.3 Å². The van der Waals surface area contributed by atoms with Gasteiger partial charge in [0.2, 0.25) is 0 Å². The maximum absolute atomic E-state index is 6.02. The van der Waals surface area contributed by atoms with E-state index < -0.39 is 0 Å². The zero-order valence-electron chi connectivity index (χ0n) is 8.19. The van der Waals surface area contributed by atoms with Crippen LogP contribution in [0.2, 0.25) is 0 Å². The summed E-state index contributed by atoms with van der Waals surface area (Å²) in [5, 5.41) is 4.18. The van der Waals surface area contributed by atoms with Gasteiger partial charge in [-0.25, -0.2) is 0 Å². The van der Waals surface area contributed by atoms with Crippen LogP contribution in [-0.2, 0) is 4.74 Å². The highest BCUT2D eigenvalue weighted by Crippen LogP contribution is 2.20. The molecule has 13 heavy (non-hydrogen) atoms. The first-order chi connectivity index (χ1) is 6.24. The van der Waals surface area contributed by atoms with Crippen molar-refractivity contribution in [1.82, 2.24) is 0 Å². The minimum absolute atomic E-state index is 0.163. The van der Waals surface area contributed by atoms with E-state index in [4.69, 9.17) is 10.5 Å². The van der Waals surface area contributed by atoms with E-state index in [0.29, 0.717) is 5.92 Å². The fourth-order valence-corrected chi connectivity index (χ4v) is 2.13. The fourth-order valence-electron chi connectivity index (χ4n) is 1.41. The zero-order chi connectivity index (χ0) is 9.68. The van der Waals surface area contributed by atoms with Crippen LogP contribution < -0.4 is 5.73 Å². The number of thiophene rings is 1. The maximum atomic E-state index is 6.02. The van der Waals surface area contributed by atoms with Gasteiger partial charge in [-0.15, -0.1) is 0 Å². The summed E-state index contributed by atoms with van der Waals surface area (Å²) >= 11 is 1.70. The van der Waals surface area contributed by atoms with Gasteiger partial charge in [0.1, 0.15) is 0 Å². The molecule has 74 valence electrons. The van der Waals surface area contributed by atoms with E-state index in [-0.39, 0.29) is 6.04 Å². The number of hydrogen-bond donors (Lipinski definition) is 1. The first-order valence-corrected chi connectivity index (χ1v) is 5.45. The van der Waals surface area contributed by atoms with Crippen molar-refractivity contribution in [2.75, 3.05) is 13.7 Å². The molecule has 1 heterocycles. The van der Waals surface area contributed by atoms with Crippen molar-refractivity contribution in [3.05, 3.63) is 22.4 Å². The average molecular weight is 199 g/mol. The van der Waals surface area contributed by atoms with Crippen LogP contribution in [0.15, 0.2) is 16.8 Å². The summed E-state index contributed by atoms with van der Waals surface area (Å²) in [5.74, 6) is 0.528. The lowest BCUT2D eigenvalue weighted by Gasteiger charge is -2.15. The lowest BCUT2D eigenvalue weighted by molar-refractivity contribution is 0.152. The minimum atomic E-state index is 0.163. The Morgan fingerprint density at radius 2 is 2.38 bits per heavy atom. The van der Waals surface area contributed by atoms with Crippen molar-refractivity contribution in [2.45, 2.75) is 19.4 Å². The third-order valence-electron chi connectivity index (χ3n) is 2.08. The van der Waals surface area contributed by atoms with Crippen molar-refractivity contribution in [3.63, 3.8) is 0 Å². The minimum Gasteiger partial charge on any atom is -0.384 e. The number of ether oxygens (including phenoxy) is 1. The van der Waals surface area contributed by atoms with E-state index in [1.54, 1.807) is 18.4 Å². The molecule has 0 aliphatic rings. The van der Waals surface area contributed by atoms with Gasteiger partial charge in [0.25, 0.3) is 0 Å². The molecule has 2 nitrogen and oxygen atoms in total. The number of rotatable bonds is 5. The van der Waals surface area contributed by atoms with E-state index in [1.807, 2.05) is 0 Å². The zero-order valence-corrected chi connectivity index (χ0v) is 9.01. The lowest BCUT2D eigenvalue weighted by Crippen LogP contribution is -2.15. The highest BCUT2D eigenvalue weighted by molar-refractivity contribution is 7.07. The molecule has 0 saturated heterocycles. The molecule has 3 heteroatoms. The molecular weight excluding hydrogens is 182 g/mol. The molecule has 0 aliphatic heterocycles. The summed E-state index contributed by atoms with van der Waals surface area (Å²) in [6, 6.07) is 2.26. The number of methoxy groups -OCH3 is 1. The van der Waals surface area contributed by atoms with Crippen molar-refractivity contribution < 1.29 is 4.74 Å². The average Bonchev–Trinajstić information content (AvgIpc) is 2.55. The molecule has 2 atom stereocenters. The Morgan fingerprint density at radius 1 is 1.62 bits per heavy atom. The van der Waals surface area contributed by atoms with Gasteiger partial charge < -0.3 is 10.5 Å². The van der Waals surface area contributed by atoms with E-state index >= 15 is 0 Å². The summed E-state index contributed by atoms with van der Waals surface area (Å²) in [7, 11) is 1.73. The van der Waals surface area contributed by atoms with E-state index in [1.165, 1.54) is 5.56 Å². The van der Waals surface area contributed by atoms with Gasteiger partial charge in [-0.2, -0.15) is 11.3 Å². The smallest absolute Gasteiger partial charge is 0.0488 e. The van der Waals surface area contributed by atoms with Crippen molar-refractivity contribution in [1.29, 1.82) is 0 Å². The van der Waals surface area contributed by atoms with Crippen LogP contribution in [0.1, 0.15) is 24.9 Å². The van der Waals surface area contributed by atoms with Crippen LogP contribution in [0.3, 0.4) is 0 Å². The van der Waals surface area contributed by atoms with Gasteiger partial charge in [0.15, 0.2) is 0 Å². The van der Waals surface area contributed by atoms with E-state index in [0.717, 1.165) is 13.0 Å². The quantitative estimate of drug-likeness (QED) is 0.790. The Bertz CT molecular complexity index is 223. The molecular formula is C10H17NOS. The highest BCUT2D eigenvalue weighted by Gasteiger charge is 2.10. The van der Waals surface area contributed by atoms with Gasteiger partial charge >= 0.3 is 0 Å². The Labute approximate surface area is 83.7 Å². The summed E-state index contributed by atoms with van der Waals surface area (Å²) in [5.41, 5.74) is 7.27. The van der Waals surface area contributed by atoms with Crippen molar-refractivity contribution in [3.8, 4) is 0 Å². The molecule has 0 radical (unpaired) electrons. The Balaban J connectivity index is 2.37. The van der Waals surface area contributed by atoms with Crippen LogP contribution in [0.4, 0.5) is 0 Å². The Kier molecular flexibility index (Phi) is 4.42. The highest BCUT2D eigenvalue weighted by atomic mass is 32.1. The van der Waals surface area contributed by atoms with Crippen LogP contribution in [0.25, 0.3) is 0 Å². The summed E-state index contributed by atoms with van der Waals surface area (Å²) in [6.07, 6.45) is 0.991. The molecule has 0 aliphatic carbocycles. The predicted octanol–water partition coefficient (Wildman–Crippen LogP) is 2.42. The first kappa shape index (κ1) is 10.7. The lowest BCUT2D eigenvalue weighted by atomic mass is 9.99. The van der Waals surface area contributed by atoms with E-state index in [2.05, 4.69) is 23.8 Å². The topological polar surface area (TPSA) is 35.2 Å². The molecule has 0 spiro atoms. The third kappa shape index (κ3) is 3.46. The molecule has 0 saturated carbocycles. The molecule has 0 aromatic carbocycles. The molecule has 1 aromatic rings. The van der Waals surface area contributed by atoms with Crippen molar-refractivity contribution >= 4 is 11.3 Å². The van der Waals surface area contributed by atoms with Crippen molar-refractivity contribution in [2.24, 2.45) is 11.7 Å². The summed E-state index contributed by atoms with van der Waals surface area (Å²) in [6.45, 7) is 2.95. The van der Waals surface area contributed by atoms with Gasteiger partial charge in [-0.05, 0) is 34.7 Å². The summed E-state index contributed by atoms with van der Waals surface area (Å²) < 4.78 is 5.07. The second-order valence-corrected chi connectivity index (χ2v) is 4.24. The van der Waals surface area contributed by atoms with Gasteiger partial charge in [-0.3, -0.25) is 0 Å². The largest absolute Gasteiger partial charge is 0.384 e. The van der Waals surface area contributed by atoms with Gasteiger partial charge in [0, 0.05) is 19.8 Å². The maximum Gasteiger partial charge on any atom is 0.0488 e. The molecule has 0 bridgehead atoms. The molecule has 2 N–H and O–H groups in total. The number of nitrogens with two attached hydrogens (primary N) is 1. The molecule has 1 aromatic heterocycles. The normalized spacial score (nSPS) is 15.6. The second-order valence-electron chi connectivity index (χ2n) is 3.46. The number of hydrogen-bond acceptors (Lipinski definition) is 3. The van der Waals surface area contributed by atoms with E-state index in [9.17, 15) is 0 Å². The van der Waals surface area contributed by atoms with Gasteiger partial charge in [0.05, 0.1) is 0 Å². The third-order valence-corrected chi connectivity index (χ3v) is 2.78. The fraction of sp³-hybridized carbons (Fsp3) is 0.600. The standard InChI is InChI=1S/C10H17NOS/c1-8(6-12-2)5-10(11)9-3-4-13-7-9/h3-4,7-8,10H,5-6,11H2,1-2H3. The van der Waals surface area contributed by atoms with Crippen LogP contribution in [0.5, 0.6) is 0 Å². The molecule has 2 unspecified atom stereocenters. The van der Waals surface area contributed by atoms with Crippen LogP contribution in [0, 0.1) is 5.92 Å². The predicted molar refractivity (Wildman–Crippen MR) is 56.9 cm³/mol. The summed E-state index contributed by atoms with van der Waals surface area (Å²) in [4.78, 5) is 0. The molecule has 1 rings (SSSR count). The van der Waals surface area contributed by atoms with Gasteiger partial charge in [-0.1, -0.05) is 6.92 Å². The Hall–Kier alpha value is -0.380. The molecule has 0 amide bonds. The molecule has 0 fully saturated rings. The second kappa shape index (κ2) is 5.37. The Morgan fingerprint density at radius 3 is 2.92 bits per heavy atom. The monoisotopic (exact) mass is 199 g/mol. The first-order valence-electron chi connectivity index (χ1n) is 4.50.